The van der Waals surface area contributed by atoms with Crippen LogP contribution in [0.1, 0.15) is 11.1 Å². The fourth-order valence-corrected chi connectivity index (χ4v) is 1.15. The molecule has 1 aromatic rings. The highest BCUT2D eigenvalue weighted by molar-refractivity contribution is 6.02. The number of carboxylic acids is 1. The number of hydrogen-bond donors (Lipinski definition) is 2. The minimum Gasteiger partial charge on any atom is -0.478 e. The van der Waals surface area contributed by atoms with Crippen molar-refractivity contribution in [1.82, 2.24) is 0 Å². The van der Waals surface area contributed by atoms with Crippen molar-refractivity contribution >= 4 is 17.6 Å². The summed E-state index contributed by atoms with van der Waals surface area (Å²) in [5.74, 6) is -1.74. The predicted octanol–water partition coefficient (Wildman–Crippen LogP) is 1.45. The maximum absolute atomic E-state index is 11.3. The first-order valence-corrected chi connectivity index (χ1v) is 4.75. The first kappa shape index (κ1) is 12.5. The zero-order chi connectivity index (χ0) is 12.8. The summed E-state index contributed by atoms with van der Waals surface area (Å²) < 4.78 is 0. The summed E-state index contributed by atoms with van der Waals surface area (Å²) in [5.41, 5.74) is 1.71. The first-order valence-electron chi connectivity index (χ1n) is 4.75. The lowest BCUT2D eigenvalue weighted by Gasteiger charge is -2.06. The third-order valence-corrected chi connectivity index (χ3v) is 2.00. The number of carboxylic acid groups (broad SMARTS) is 1. The number of benzene rings is 1. The number of nitrogens with zero attached hydrogens (tertiary/aromatic N) is 1. The number of hydrogen-bond acceptors (Lipinski definition) is 3. The van der Waals surface area contributed by atoms with E-state index in [2.05, 4.69) is 5.32 Å². The molecule has 0 saturated heterocycles. The lowest BCUT2D eigenvalue weighted by molar-refractivity contribution is -0.131. The molecule has 0 heterocycles. The SMILES string of the molecule is Cc1ccc(C#N)cc1NC(=O)C=CC(=O)O. The van der Waals surface area contributed by atoms with Crippen LogP contribution in [0.2, 0.25) is 0 Å². The molecule has 0 saturated carbocycles. The number of rotatable bonds is 3. The first-order chi connectivity index (χ1) is 8.02. The van der Waals surface area contributed by atoms with Crippen molar-refractivity contribution in [2.24, 2.45) is 0 Å². The number of nitriles is 1. The molecule has 0 spiro atoms. The Morgan fingerprint density at radius 3 is 2.71 bits per heavy atom. The highest BCUT2D eigenvalue weighted by Crippen LogP contribution is 2.16. The zero-order valence-electron chi connectivity index (χ0n) is 9.10. The van der Waals surface area contributed by atoms with Crippen LogP contribution in [0.25, 0.3) is 0 Å². The normalized spacial score (nSPS) is 9.88. The van der Waals surface area contributed by atoms with Crippen LogP contribution in [0.15, 0.2) is 30.4 Å². The number of aryl methyl sites for hydroxylation is 1. The lowest BCUT2D eigenvalue weighted by Crippen LogP contribution is -2.10. The van der Waals surface area contributed by atoms with Crippen LogP contribution < -0.4 is 5.32 Å². The van der Waals surface area contributed by atoms with Crippen LogP contribution in [-0.4, -0.2) is 17.0 Å². The van der Waals surface area contributed by atoms with Gasteiger partial charge in [-0.3, -0.25) is 4.79 Å². The molecule has 0 aliphatic carbocycles. The van der Waals surface area contributed by atoms with Crippen molar-refractivity contribution < 1.29 is 14.7 Å². The summed E-state index contributed by atoms with van der Waals surface area (Å²) in [6.07, 6.45) is 1.67. The Hall–Kier alpha value is -2.61. The molecule has 5 heteroatoms. The largest absolute Gasteiger partial charge is 0.478 e. The quantitative estimate of drug-likeness (QED) is 0.769. The van der Waals surface area contributed by atoms with Crippen LogP contribution in [0.4, 0.5) is 5.69 Å². The molecule has 86 valence electrons. The van der Waals surface area contributed by atoms with E-state index in [9.17, 15) is 9.59 Å². The smallest absolute Gasteiger partial charge is 0.328 e. The average molecular weight is 230 g/mol. The van der Waals surface area contributed by atoms with Crippen molar-refractivity contribution in [3.05, 3.63) is 41.5 Å². The van der Waals surface area contributed by atoms with Crippen molar-refractivity contribution in [2.45, 2.75) is 6.92 Å². The molecule has 2 N–H and O–H groups in total. The van der Waals surface area contributed by atoms with Gasteiger partial charge in [-0.05, 0) is 24.6 Å². The van der Waals surface area contributed by atoms with Crippen molar-refractivity contribution in [3.63, 3.8) is 0 Å². The molecule has 1 rings (SSSR count). The molecule has 0 radical (unpaired) electrons. The minimum atomic E-state index is -1.19. The number of carbonyl (C=O) groups excluding carboxylic acids is 1. The van der Waals surface area contributed by atoms with E-state index in [1.807, 2.05) is 6.07 Å². The number of anilines is 1. The summed E-state index contributed by atoms with van der Waals surface area (Å²) >= 11 is 0. The Labute approximate surface area is 98.0 Å². The standard InChI is InChI=1S/C12H10N2O3/c1-8-2-3-9(7-13)6-10(8)14-11(15)4-5-12(16)17/h2-6H,1H3,(H,14,15)(H,16,17). The van der Waals surface area contributed by atoms with Crippen molar-refractivity contribution in [1.29, 1.82) is 5.26 Å². The highest BCUT2D eigenvalue weighted by atomic mass is 16.4. The second-order valence-electron chi connectivity index (χ2n) is 3.30. The van der Waals surface area contributed by atoms with Gasteiger partial charge in [0.15, 0.2) is 0 Å². The molecule has 5 nitrogen and oxygen atoms in total. The van der Waals surface area contributed by atoms with Gasteiger partial charge in [0, 0.05) is 17.8 Å². The molecule has 0 bridgehead atoms. The maximum Gasteiger partial charge on any atom is 0.328 e. The van der Waals surface area contributed by atoms with Crippen molar-refractivity contribution in [3.8, 4) is 6.07 Å². The summed E-state index contributed by atoms with van der Waals surface area (Å²) in [4.78, 5) is 21.5. The Morgan fingerprint density at radius 1 is 1.41 bits per heavy atom. The van der Waals surface area contributed by atoms with E-state index in [1.54, 1.807) is 19.1 Å². The molecule has 0 aliphatic rings. The Balaban J connectivity index is 2.85. The Kier molecular flexibility index (Phi) is 4.01. The van der Waals surface area contributed by atoms with E-state index in [1.165, 1.54) is 6.07 Å². The molecule has 0 atom stereocenters. The van der Waals surface area contributed by atoms with Gasteiger partial charge < -0.3 is 10.4 Å². The van der Waals surface area contributed by atoms with Gasteiger partial charge in [-0.2, -0.15) is 5.26 Å². The van der Waals surface area contributed by atoms with Crippen LogP contribution in [0, 0.1) is 18.3 Å². The fourth-order valence-electron chi connectivity index (χ4n) is 1.15. The summed E-state index contributed by atoms with van der Waals surface area (Å²) in [5, 5.41) is 19.6. The van der Waals surface area contributed by atoms with Gasteiger partial charge in [0.1, 0.15) is 0 Å². The lowest BCUT2D eigenvalue weighted by atomic mass is 10.1. The molecular formula is C12H10N2O3. The highest BCUT2D eigenvalue weighted by Gasteiger charge is 2.03. The fraction of sp³-hybridized carbons (Fsp3) is 0.0833. The molecule has 1 amide bonds. The number of carbonyl (C=O) groups is 2. The third-order valence-electron chi connectivity index (χ3n) is 2.00. The second kappa shape index (κ2) is 5.47. The van der Waals surface area contributed by atoms with Gasteiger partial charge in [-0.1, -0.05) is 6.07 Å². The molecule has 0 aromatic heterocycles. The molecule has 0 unspecified atom stereocenters. The third kappa shape index (κ3) is 3.80. The van der Waals surface area contributed by atoms with Crippen LogP contribution in [0.5, 0.6) is 0 Å². The van der Waals surface area contributed by atoms with E-state index >= 15 is 0 Å². The monoisotopic (exact) mass is 230 g/mol. The molecule has 0 fully saturated rings. The molecule has 1 aromatic carbocycles. The Morgan fingerprint density at radius 2 is 2.12 bits per heavy atom. The van der Waals surface area contributed by atoms with E-state index in [0.717, 1.165) is 17.7 Å². The average Bonchev–Trinajstić information content (AvgIpc) is 2.29. The Bertz CT molecular complexity index is 527. The maximum atomic E-state index is 11.3. The minimum absolute atomic E-state index is 0.424. The number of aliphatic carboxylic acids is 1. The van der Waals surface area contributed by atoms with Gasteiger partial charge in [0.2, 0.25) is 5.91 Å². The van der Waals surface area contributed by atoms with E-state index in [0.29, 0.717) is 11.3 Å². The van der Waals surface area contributed by atoms with Crippen LogP contribution >= 0.6 is 0 Å². The van der Waals surface area contributed by atoms with E-state index in [-0.39, 0.29) is 0 Å². The molecule has 0 aliphatic heterocycles. The molecular weight excluding hydrogens is 220 g/mol. The molecule has 17 heavy (non-hydrogen) atoms. The van der Waals surface area contributed by atoms with Gasteiger partial charge in [0.25, 0.3) is 0 Å². The van der Waals surface area contributed by atoms with Crippen molar-refractivity contribution in [2.75, 3.05) is 5.32 Å². The van der Waals surface area contributed by atoms with Gasteiger partial charge in [-0.25, -0.2) is 4.79 Å². The predicted molar refractivity (Wildman–Crippen MR) is 61.3 cm³/mol. The topological polar surface area (TPSA) is 90.2 Å². The number of nitrogens with one attached hydrogen (secondary N) is 1. The van der Waals surface area contributed by atoms with Gasteiger partial charge in [-0.15, -0.1) is 0 Å². The zero-order valence-corrected chi connectivity index (χ0v) is 9.10. The van der Waals surface area contributed by atoms with Crippen LogP contribution in [0.3, 0.4) is 0 Å². The van der Waals surface area contributed by atoms with E-state index < -0.39 is 11.9 Å². The second-order valence-corrected chi connectivity index (χ2v) is 3.30. The van der Waals surface area contributed by atoms with Gasteiger partial charge in [0.05, 0.1) is 11.6 Å². The van der Waals surface area contributed by atoms with E-state index in [4.69, 9.17) is 10.4 Å². The summed E-state index contributed by atoms with van der Waals surface area (Å²) in [6.45, 7) is 1.78. The summed E-state index contributed by atoms with van der Waals surface area (Å²) in [6, 6.07) is 6.82. The summed E-state index contributed by atoms with van der Waals surface area (Å²) in [7, 11) is 0. The van der Waals surface area contributed by atoms with Gasteiger partial charge >= 0.3 is 5.97 Å². The van der Waals surface area contributed by atoms with Crippen LogP contribution in [-0.2, 0) is 9.59 Å². The number of amides is 1.